The van der Waals surface area contributed by atoms with E-state index in [1.54, 1.807) is 31.6 Å². The Morgan fingerprint density at radius 2 is 2.14 bits per heavy atom. The smallest absolute Gasteiger partial charge is 0.257 e. The van der Waals surface area contributed by atoms with Crippen LogP contribution in [-0.2, 0) is 6.54 Å². The lowest BCUT2D eigenvalue weighted by Crippen LogP contribution is -2.26. The van der Waals surface area contributed by atoms with Crippen molar-refractivity contribution < 1.29 is 9.90 Å². The molecular weight excluding hydrogens is 280 g/mol. The van der Waals surface area contributed by atoms with Crippen LogP contribution in [-0.4, -0.2) is 37.5 Å². The largest absolute Gasteiger partial charge is 0.507 e. The molecule has 0 aliphatic heterocycles. The number of aromatic nitrogens is 3. The first-order valence-electron chi connectivity index (χ1n) is 6.85. The van der Waals surface area contributed by atoms with Crippen LogP contribution in [0.1, 0.15) is 16.2 Å². The van der Waals surface area contributed by atoms with Crippen LogP contribution in [0.15, 0.2) is 55.1 Å². The number of aromatic amines is 1. The number of nitrogens with zero attached hydrogens (tertiary/aromatic N) is 3. The molecule has 0 aliphatic rings. The van der Waals surface area contributed by atoms with Gasteiger partial charge in [-0.05, 0) is 30.3 Å². The number of amides is 1. The van der Waals surface area contributed by atoms with Crippen molar-refractivity contribution in [2.75, 3.05) is 7.05 Å². The second-order valence-electron chi connectivity index (χ2n) is 4.99. The zero-order valence-electron chi connectivity index (χ0n) is 12.1. The first-order valence-corrected chi connectivity index (χ1v) is 6.85. The molecule has 22 heavy (non-hydrogen) atoms. The average molecular weight is 296 g/mol. The Morgan fingerprint density at radius 3 is 2.82 bits per heavy atom. The second kappa shape index (κ2) is 5.77. The molecule has 1 amide bonds. The number of imidazole rings is 1. The summed E-state index contributed by atoms with van der Waals surface area (Å²) in [5, 5.41) is 10.00. The lowest BCUT2D eigenvalue weighted by atomic mass is 10.1. The number of hydrogen-bond donors (Lipinski definition) is 2. The van der Waals surface area contributed by atoms with Gasteiger partial charge in [-0.1, -0.05) is 0 Å². The van der Waals surface area contributed by atoms with Crippen molar-refractivity contribution in [2.24, 2.45) is 0 Å². The third-order valence-corrected chi connectivity index (χ3v) is 3.40. The molecule has 0 radical (unpaired) electrons. The normalized spacial score (nSPS) is 10.6. The van der Waals surface area contributed by atoms with Crippen molar-refractivity contribution in [1.82, 2.24) is 19.4 Å². The average Bonchev–Trinajstić information content (AvgIpc) is 3.20. The van der Waals surface area contributed by atoms with Crippen molar-refractivity contribution in [3.8, 4) is 11.4 Å². The molecule has 2 heterocycles. The van der Waals surface area contributed by atoms with Gasteiger partial charge in [0.25, 0.3) is 5.91 Å². The zero-order valence-corrected chi connectivity index (χ0v) is 12.1. The Kier molecular flexibility index (Phi) is 3.65. The van der Waals surface area contributed by atoms with Crippen molar-refractivity contribution in [1.29, 1.82) is 0 Å². The number of rotatable bonds is 4. The van der Waals surface area contributed by atoms with Gasteiger partial charge in [-0.3, -0.25) is 4.79 Å². The second-order valence-corrected chi connectivity index (χ2v) is 4.99. The molecular formula is C16H16N4O2. The summed E-state index contributed by atoms with van der Waals surface area (Å²) in [7, 11) is 1.67. The number of hydrogen-bond acceptors (Lipinski definition) is 3. The maximum absolute atomic E-state index is 12.5. The highest BCUT2D eigenvalue weighted by atomic mass is 16.3. The molecule has 3 aromatic rings. The van der Waals surface area contributed by atoms with Gasteiger partial charge < -0.3 is 19.6 Å². The van der Waals surface area contributed by atoms with Crippen LogP contribution in [0.3, 0.4) is 0 Å². The topological polar surface area (TPSA) is 74.2 Å². The highest BCUT2D eigenvalue weighted by Gasteiger charge is 2.17. The van der Waals surface area contributed by atoms with Gasteiger partial charge in [0, 0.05) is 37.5 Å². The molecule has 0 fully saturated rings. The van der Waals surface area contributed by atoms with Crippen molar-refractivity contribution >= 4 is 5.91 Å². The van der Waals surface area contributed by atoms with E-state index in [0.29, 0.717) is 12.4 Å². The zero-order chi connectivity index (χ0) is 15.5. The molecule has 2 N–H and O–H groups in total. The molecule has 0 saturated carbocycles. The van der Waals surface area contributed by atoms with E-state index in [-0.39, 0.29) is 17.2 Å². The minimum Gasteiger partial charge on any atom is -0.507 e. The number of benzene rings is 1. The number of phenolic OH excluding ortho intramolecular Hbond substituents is 1. The van der Waals surface area contributed by atoms with Gasteiger partial charge >= 0.3 is 0 Å². The number of H-pyrrole nitrogens is 1. The predicted molar refractivity (Wildman–Crippen MR) is 81.8 cm³/mol. The van der Waals surface area contributed by atoms with Crippen LogP contribution < -0.4 is 0 Å². The highest BCUT2D eigenvalue weighted by Crippen LogP contribution is 2.22. The number of nitrogens with one attached hydrogen (secondary N) is 1. The van der Waals surface area contributed by atoms with Crippen molar-refractivity contribution in [3.63, 3.8) is 0 Å². The standard InChI is InChI=1S/C16H16N4O2/c1-19(11-15-17-6-7-18-15)16(22)13-10-12(4-5-14(13)21)20-8-2-3-9-20/h2-10,21H,11H2,1H3,(H,17,18). The molecule has 112 valence electrons. The van der Waals surface area contributed by atoms with Crippen LogP contribution >= 0.6 is 0 Å². The highest BCUT2D eigenvalue weighted by molar-refractivity contribution is 5.97. The molecule has 0 aliphatic carbocycles. The summed E-state index contributed by atoms with van der Waals surface area (Å²) in [5.74, 6) is 0.395. The van der Waals surface area contributed by atoms with Crippen LogP contribution in [0.25, 0.3) is 5.69 Å². The van der Waals surface area contributed by atoms with Crippen LogP contribution in [0.2, 0.25) is 0 Å². The molecule has 0 bridgehead atoms. The molecule has 6 heteroatoms. The summed E-state index contributed by atoms with van der Waals surface area (Å²) in [5.41, 5.74) is 1.08. The summed E-state index contributed by atoms with van der Waals surface area (Å²) in [4.78, 5) is 21.1. The molecule has 0 atom stereocenters. The lowest BCUT2D eigenvalue weighted by Gasteiger charge is -2.17. The third kappa shape index (κ3) is 2.71. The SMILES string of the molecule is CN(Cc1ncc[nH]1)C(=O)c1cc(-n2cccc2)ccc1O. The molecule has 1 aromatic carbocycles. The Balaban J connectivity index is 1.86. The van der Waals surface area contributed by atoms with E-state index in [0.717, 1.165) is 5.69 Å². The van der Waals surface area contributed by atoms with Gasteiger partial charge in [-0.25, -0.2) is 4.98 Å². The first kappa shape index (κ1) is 13.9. The Morgan fingerprint density at radius 1 is 1.36 bits per heavy atom. The van der Waals surface area contributed by atoms with Crippen molar-refractivity contribution in [2.45, 2.75) is 6.54 Å². The molecule has 2 aromatic heterocycles. The third-order valence-electron chi connectivity index (χ3n) is 3.40. The van der Waals surface area contributed by atoms with Crippen molar-refractivity contribution in [3.05, 3.63) is 66.5 Å². The van der Waals surface area contributed by atoms with E-state index in [1.807, 2.05) is 29.1 Å². The minimum absolute atomic E-state index is 0.0350. The number of phenols is 1. The fourth-order valence-corrected chi connectivity index (χ4v) is 2.25. The Bertz CT molecular complexity index is 764. The summed E-state index contributed by atoms with van der Waals surface area (Å²) in [6, 6.07) is 8.77. The molecule has 0 unspecified atom stereocenters. The summed E-state index contributed by atoms with van der Waals surface area (Å²) >= 11 is 0. The van der Waals surface area contributed by atoms with Gasteiger partial charge in [-0.15, -0.1) is 0 Å². The predicted octanol–water partition coefficient (Wildman–Crippen LogP) is 2.18. The summed E-state index contributed by atoms with van der Waals surface area (Å²) < 4.78 is 1.88. The minimum atomic E-state index is -0.261. The van der Waals surface area contributed by atoms with Crippen LogP contribution in [0.5, 0.6) is 5.75 Å². The van der Waals surface area contributed by atoms with Gasteiger partial charge in [0.15, 0.2) is 0 Å². The van der Waals surface area contributed by atoms with E-state index in [2.05, 4.69) is 9.97 Å². The lowest BCUT2D eigenvalue weighted by molar-refractivity contribution is 0.0779. The molecule has 0 spiro atoms. The summed E-state index contributed by atoms with van der Waals surface area (Å²) in [6.45, 7) is 0.346. The maximum Gasteiger partial charge on any atom is 0.257 e. The van der Waals surface area contributed by atoms with Gasteiger partial charge in [-0.2, -0.15) is 0 Å². The fraction of sp³-hybridized carbons (Fsp3) is 0.125. The number of carbonyl (C=O) groups excluding carboxylic acids is 1. The van der Waals surface area contributed by atoms with E-state index in [4.69, 9.17) is 0 Å². The van der Waals surface area contributed by atoms with Gasteiger partial charge in [0.2, 0.25) is 0 Å². The molecule has 3 rings (SSSR count). The number of aromatic hydroxyl groups is 1. The van der Waals surface area contributed by atoms with Gasteiger partial charge in [0.1, 0.15) is 11.6 Å². The molecule has 6 nitrogen and oxygen atoms in total. The maximum atomic E-state index is 12.5. The van der Waals surface area contributed by atoms with Crippen LogP contribution in [0.4, 0.5) is 0 Å². The van der Waals surface area contributed by atoms with E-state index in [9.17, 15) is 9.90 Å². The summed E-state index contributed by atoms with van der Waals surface area (Å²) in [6.07, 6.45) is 7.11. The fourth-order valence-electron chi connectivity index (χ4n) is 2.25. The first-order chi connectivity index (χ1) is 10.6. The van der Waals surface area contributed by atoms with E-state index >= 15 is 0 Å². The quantitative estimate of drug-likeness (QED) is 0.775. The van der Waals surface area contributed by atoms with Crippen LogP contribution in [0, 0.1) is 0 Å². The van der Waals surface area contributed by atoms with Gasteiger partial charge in [0.05, 0.1) is 12.1 Å². The van der Waals surface area contributed by atoms with E-state index < -0.39 is 0 Å². The Hall–Kier alpha value is -3.02. The monoisotopic (exact) mass is 296 g/mol. The Labute approximate surface area is 127 Å². The number of carbonyl (C=O) groups is 1. The molecule has 0 saturated heterocycles. The van der Waals surface area contributed by atoms with E-state index in [1.165, 1.54) is 11.0 Å².